The molecule has 3 aliphatic heterocycles. The summed E-state index contributed by atoms with van der Waals surface area (Å²) < 4.78 is 0. The summed E-state index contributed by atoms with van der Waals surface area (Å²) in [7, 11) is 2.35. The molecule has 0 aliphatic carbocycles. The van der Waals surface area contributed by atoms with E-state index in [0.717, 1.165) is 36.4 Å². The summed E-state index contributed by atoms with van der Waals surface area (Å²) in [6, 6.07) is 1.66. The van der Waals surface area contributed by atoms with Gasteiger partial charge in [-0.25, -0.2) is 0 Å². The number of nitrogens with zero attached hydrogens (tertiary/aromatic N) is 1. The van der Waals surface area contributed by atoms with Gasteiger partial charge in [-0.05, 0) is 76.5 Å². The minimum atomic E-state index is 0.786. The zero-order valence-electron chi connectivity index (χ0n) is 11.1. The fraction of sp³-hybridized carbons (Fsp3) is 1.00. The lowest BCUT2D eigenvalue weighted by molar-refractivity contribution is 0.0275. The van der Waals surface area contributed by atoms with E-state index < -0.39 is 0 Å². The average Bonchev–Trinajstić information content (AvgIpc) is 2.64. The van der Waals surface area contributed by atoms with Crippen LogP contribution in [0.1, 0.15) is 32.1 Å². The van der Waals surface area contributed by atoms with Crippen LogP contribution < -0.4 is 11.1 Å². The number of rotatable bonds is 2. The summed E-state index contributed by atoms with van der Waals surface area (Å²) in [5, 5.41) is 3.59. The van der Waals surface area contributed by atoms with Crippen LogP contribution in [0.15, 0.2) is 0 Å². The number of nitrogens with two attached hydrogens (primary N) is 1. The average molecular weight is 237 g/mol. The molecule has 2 bridgehead atoms. The number of hydrogen-bond acceptors (Lipinski definition) is 3. The van der Waals surface area contributed by atoms with Crippen molar-refractivity contribution in [1.29, 1.82) is 0 Å². The summed E-state index contributed by atoms with van der Waals surface area (Å²) in [5.41, 5.74) is 6.06. The van der Waals surface area contributed by atoms with Crippen molar-refractivity contribution in [3.63, 3.8) is 0 Å². The van der Waals surface area contributed by atoms with Crippen molar-refractivity contribution in [2.24, 2.45) is 23.5 Å². The van der Waals surface area contributed by atoms with Gasteiger partial charge < -0.3 is 16.0 Å². The van der Waals surface area contributed by atoms with Gasteiger partial charge in [0, 0.05) is 12.1 Å². The Balaban J connectivity index is 1.78. The van der Waals surface area contributed by atoms with E-state index in [1.165, 1.54) is 45.2 Å². The lowest BCUT2D eigenvalue weighted by Gasteiger charge is -2.47. The minimum absolute atomic E-state index is 0.786. The van der Waals surface area contributed by atoms with Crippen LogP contribution in [0, 0.1) is 17.8 Å². The third kappa shape index (κ3) is 2.02. The SMILES string of the molecule is CN1C2CCC1C(C1CCCNC1)C(CN)C2. The first kappa shape index (κ1) is 11.9. The summed E-state index contributed by atoms with van der Waals surface area (Å²) >= 11 is 0. The molecule has 3 heteroatoms. The molecule has 17 heavy (non-hydrogen) atoms. The Bertz CT molecular complexity index is 262. The topological polar surface area (TPSA) is 41.3 Å². The van der Waals surface area contributed by atoms with E-state index in [1.54, 1.807) is 0 Å². The third-order valence-electron chi connectivity index (χ3n) is 5.64. The largest absolute Gasteiger partial charge is 0.330 e. The van der Waals surface area contributed by atoms with E-state index >= 15 is 0 Å². The normalized spacial score (nSPS) is 47.3. The lowest BCUT2D eigenvalue weighted by atomic mass is 9.70. The van der Waals surface area contributed by atoms with Crippen LogP contribution in [0.2, 0.25) is 0 Å². The highest BCUT2D eigenvalue weighted by Crippen LogP contribution is 2.45. The molecule has 3 aliphatic rings. The van der Waals surface area contributed by atoms with Crippen LogP contribution >= 0.6 is 0 Å². The van der Waals surface area contributed by atoms with Gasteiger partial charge in [-0.1, -0.05) is 0 Å². The first-order valence-corrected chi connectivity index (χ1v) is 7.44. The maximum Gasteiger partial charge on any atom is 0.0130 e. The maximum atomic E-state index is 6.06. The van der Waals surface area contributed by atoms with Crippen LogP contribution in [0.4, 0.5) is 0 Å². The van der Waals surface area contributed by atoms with Gasteiger partial charge in [0.1, 0.15) is 0 Å². The van der Waals surface area contributed by atoms with E-state index in [-0.39, 0.29) is 0 Å². The molecule has 0 aromatic carbocycles. The Morgan fingerprint density at radius 3 is 2.88 bits per heavy atom. The Kier molecular flexibility index (Phi) is 3.42. The third-order valence-corrected chi connectivity index (χ3v) is 5.64. The number of piperidine rings is 2. The van der Waals surface area contributed by atoms with Gasteiger partial charge in [-0.15, -0.1) is 0 Å². The van der Waals surface area contributed by atoms with Crippen molar-refractivity contribution in [3.8, 4) is 0 Å². The van der Waals surface area contributed by atoms with Gasteiger partial charge in [0.25, 0.3) is 0 Å². The van der Waals surface area contributed by atoms with Crippen LogP contribution in [-0.2, 0) is 0 Å². The Labute approximate surface area is 105 Å². The molecule has 0 aromatic heterocycles. The highest BCUT2D eigenvalue weighted by atomic mass is 15.2. The number of nitrogens with one attached hydrogen (secondary N) is 1. The number of fused-ring (bicyclic) bond motifs is 2. The van der Waals surface area contributed by atoms with Gasteiger partial charge in [0.2, 0.25) is 0 Å². The highest BCUT2D eigenvalue weighted by molar-refractivity contribution is 5.01. The second kappa shape index (κ2) is 4.87. The smallest absolute Gasteiger partial charge is 0.0130 e. The molecule has 98 valence electrons. The van der Waals surface area contributed by atoms with Crippen molar-refractivity contribution in [2.75, 3.05) is 26.7 Å². The lowest BCUT2D eigenvalue weighted by Crippen LogP contribution is -2.53. The maximum absolute atomic E-state index is 6.06. The number of hydrogen-bond donors (Lipinski definition) is 2. The first-order chi connectivity index (χ1) is 8.31. The first-order valence-electron chi connectivity index (χ1n) is 7.44. The molecule has 3 nitrogen and oxygen atoms in total. The predicted molar refractivity (Wildman–Crippen MR) is 70.8 cm³/mol. The predicted octanol–water partition coefficient (Wildman–Crippen LogP) is 1.04. The van der Waals surface area contributed by atoms with Crippen LogP contribution in [0.25, 0.3) is 0 Å². The van der Waals surface area contributed by atoms with E-state index in [1.807, 2.05) is 0 Å². The molecule has 0 saturated carbocycles. The zero-order valence-corrected chi connectivity index (χ0v) is 11.1. The van der Waals surface area contributed by atoms with Crippen LogP contribution in [0.3, 0.4) is 0 Å². The summed E-state index contributed by atoms with van der Waals surface area (Å²) in [4.78, 5) is 2.67. The Morgan fingerprint density at radius 2 is 2.18 bits per heavy atom. The Hall–Kier alpha value is -0.120. The fourth-order valence-corrected chi connectivity index (χ4v) is 4.77. The van der Waals surface area contributed by atoms with Crippen molar-refractivity contribution in [2.45, 2.75) is 44.2 Å². The molecule has 3 rings (SSSR count). The molecule has 5 unspecified atom stereocenters. The Morgan fingerprint density at radius 1 is 1.29 bits per heavy atom. The quantitative estimate of drug-likeness (QED) is 0.754. The molecule has 3 N–H and O–H groups in total. The van der Waals surface area contributed by atoms with E-state index in [4.69, 9.17) is 5.73 Å². The van der Waals surface area contributed by atoms with Crippen molar-refractivity contribution < 1.29 is 0 Å². The molecule has 3 fully saturated rings. The molecular weight excluding hydrogens is 210 g/mol. The molecular formula is C14H27N3. The second-order valence-electron chi connectivity index (χ2n) is 6.38. The van der Waals surface area contributed by atoms with E-state index in [2.05, 4.69) is 17.3 Å². The summed E-state index contributed by atoms with van der Waals surface area (Å²) in [6.07, 6.45) is 6.96. The summed E-state index contributed by atoms with van der Waals surface area (Å²) in [6.45, 7) is 3.36. The highest BCUT2D eigenvalue weighted by Gasteiger charge is 2.47. The molecule has 5 atom stereocenters. The molecule has 3 heterocycles. The van der Waals surface area contributed by atoms with Crippen molar-refractivity contribution in [3.05, 3.63) is 0 Å². The van der Waals surface area contributed by atoms with Gasteiger partial charge in [0.05, 0.1) is 0 Å². The van der Waals surface area contributed by atoms with Gasteiger partial charge >= 0.3 is 0 Å². The van der Waals surface area contributed by atoms with E-state index in [0.29, 0.717) is 0 Å². The van der Waals surface area contributed by atoms with Gasteiger partial charge in [-0.3, -0.25) is 0 Å². The molecule has 0 spiro atoms. The van der Waals surface area contributed by atoms with Crippen LogP contribution in [-0.4, -0.2) is 43.7 Å². The fourth-order valence-electron chi connectivity index (χ4n) is 4.77. The van der Waals surface area contributed by atoms with E-state index in [9.17, 15) is 0 Å². The standard InChI is InChI=1S/C14H27N3/c1-17-12-4-5-13(17)14(11(7-12)8-15)10-3-2-6-16-9-10/h10-14,16H,2-9,15H2,1H3. The minimum Gasteiger partial charge on any atom is -0.330 e. The molecule has 0 aromatic rings. The molecule has 3 saturated heterocycles. The molecule has 0 amide bonds. The van der Waals surface area contributed by atoms with Gasteiger partial charge in [0.15, 0.2) is 0 Å². The summed E-state index contributed by atoms with van der Waals surface area (Å²) in [5.74, 6) is 2.52. The van der Waals surface area contributed by atoms with Crippen LogP contribution in [0.5, 0.6) is 0 Å². The zero-order chi connectivity index (χ0) is 11.8. The molecule has 0 radical (unpaired) electrons. The second-order valence-corrected chi connectivity index (χ2v) is 6.38. The van der Waals surface area contributed by atoms with Crippen molar-refractivity contribution in [1.82, 2.24) is 10.2 Å². The van der Waals surface area contributed by atoms with Gasteiger partial charge in [-0.2, -0.15) is 0 Å². The monoisotopic (exact) mass is 237 g/mol. The van der Waals surface area contributed by atoms with Crippen molar-refractivity contribution >= 4 is 0 Å².